The number of ether oxygens (including phenoxy) is 1. The van der Waals surface area contributed by atoms with Crippen LogP contribution in [0.4, 0.5) is 4.39 Å². The number of hydrogen-bond acceptors (Lipinski definition) is 4. The first-order valence-corrected chi connectivity index (χ1v) is 6.01. The average molecular weight is 294 g/mol. The van der Waals surface area contributed by atoms with E-state index in [9.17, 15) is 9.18 Å². The number of pyridine rings is 1. The van der Waals surface area contributed by atoms with Crippen molar-refractivity contribution in [1.29, 1.82) is 0 Å². The number of carbonyl (C=O) groups excluding carboxylic acids is 1. The second-order valence-electron chi connectivity index (χ2n) is 2.51. The van der Waals surface area contributed by atoms with Gasteiger partial charge in [-0.2, -0.15) is 0 Å². The van der Waals surface area contributed by atoms with Crippen LogP contribution in [0.1, 0.15) is 6.92 Å². The van der Waals surface area contributed by atoms with Gasteiger partial charge in [-0.15, -0.1) is 0 Å². The number of aromatic nitrogens is 1. The maximum absolute atomic E-state index is 13.1. The Balaban J connectivity index is 2.57. The number of carbonyl (C=O) groups is 1. The van der Waals surface area contributed by atoms with Gasteiger partial charge in [-0.05, 0) is 35.0 Å². The van der Waals surface area contributed by atoms with Crippen molar-refractivity contribution >= 4 is 33.7 Å². The highest BCUT2D eigenvalue weighted by Gasteiger charge is 2.09. The van der Waals surface area contributed by atoms with Crippen LogP contribution in [0.2, 0.25) is 0 Å². The van der Waals surface area contributed by atoms with Crippen molar-refractivity contribution in [3.05, 3.63) is 22.6 Å². The smallest absolute Gasteiger partial charge is 0.316 e. The van der Waals surface area contributed by atoms with Crippen molar-refractivity contribution in [1.82, 2.24) is 4.98 Å². The van der Waals surface area contributed by atoms with E-state index in [4.69, 9.17) is 4.74 Å². The van der Waals surface area contributed by atoms with Crippen LogP contribution in [0.5, 0.6) is 0 Å². The van der Waals surface area contributed by atoms with Gasteiger partial charge in [0.25, 0.3) is 0 Å². The lowest BCUT2D eigenvalue weighted by Gasteiger charge is -2.02. The lowest BCUT2D eigenvalue weighted by atomic mass is 10.5. The lowest BCUT2D eigenvalue weighted by molar-refractivity contribution is -0.139. The van der Waals surface area contributed by atoms with Gasteiger partial charge in [0.1, 0.15) is 9.63 Å². The molecule has 82 valence electrons. The van der Waals surface area contributed by atoms with E-state index in [0.29, 0.717) is 11.2 Å². The normalized spacial score (nSPS) is 10.1. The molecule has 0 bridgehead atoms. The molecule has 0 spiro atoms. The Hall–Kier alpha value is -0.620. The third-order valence-corrected chi connectivity index (χ3v) is 2.79. The van der Waals surface area contributed by atoms with E-state index in [1.165, 1.54) is 12.1 Å². The summed E-state index contributed by atoms with van der Waals surface area (Å²) in [6.45, 7) is 2.05. The monoisotopic (exact) mass is 293 g/mol. The van der Waals surface area contributed by atoms with Crippen LogP contribution in [0.25, 0.3) is 0 Å². The molecular formula is C9H9BrFNO2S. The molecule has 0 aliphatic heterocycles. The van der Waals surface area contributed by atoms with E-state index in [0.717, 1.165) is 11.8 Å². The summed E-state index contributed by atoms with van der Waals surface area (Å²) in [7, 11) is 0. The third kappa shape index (κ3) is 4.17. The molecule has 0 aliphatic carbocycles. The fraction of sp³-hybridized carbons (Fsp3) is 0.333. The van der Waals surface area contributed by atoms with Gasteiger partial charge < -0.3 is 4.74 Å². The summed E-state index contributed by atoms with van der Waals surface area (Å²) >= 11 is 4.15. The fourth-order valence-corrected chi connectivity index (χ4v) is 1.97. The van der Waals surface area contributed by atoms with Crippen LogP contribution < -0.4 is 0 Å². The Morgan fingerprint density at radius 1 is 1.67 bits per heavy atom. The van der Waals surface area contributed by atoms with Crippen molar-refractivity contribution in [2.45, 2.75) is 11.9 Å². The van der Waals surface area contributed by atoms with E-state index in [1.807, 2.05) is 0 Å². The van der Waals surface area contributed by atoms with Crippen molar-refractivity contribution in [3.8, 4) is 0 Å². The summed E-state index contributed by atoms with van der Waals surface area (Å²) < 4.78 is 18.4. The number of nitrogens with zero attached hydrogens (tertiary/aromatic N) is 1. The molecule has 6 heteroatoms. The van der Waals surface area contributed by atoms with Gasteiger partial charge in [-0.1, -0.05) is 11.8 Å². The van der Waals surface area contributed by atoms with Crippen LogP contribution >= 0.6 is 27.7 Å². The molecule has 0 fully saturated rings. The van der Waals surface area contributed by atoms with Crippen LogP contribution in [0, 0.1) is 5.82 Å². The Morgan fingerprint density at radius 3 is 3.07 bits per heavy atom. The van der Waals surface area contributed by atoms with Crippen molar-refractivity contribution in [2.75, 3.05) is 12.4 Å². The Kier molecular flexibility index (Phi) is 5.04. The summed E-state index contributed by atoms with van der Waals surface area (Å²) in [6, 6.07) is 2.80. The zero-order valence-electron chi connectivity index (χ0n) is 8.00. The van der Waals surface area contributed by atoms with E-state index >= 15 is 0 Å². The maximum Gasteiger partial charge on any atom is 0.316 e. The molecule has 15 heavy (non-hydrogen) atoms. The van der Waals surface area contributed by atoms with Gasteiger partial charge in [-0.3, -0.25) is 4.79 Å². The summed E-state index contributed by atoms with van der Waals surface area (Å²) in [5.41, 5.74) is 0. The molecule has 0 saturated carbocycles. The SMILES string of the molecule is CCOC(=O)CSc1nc(Br)ccc1F. The van der Waals surface area contributed by atoms with Gasteiger partial charge in [0.2, 0.25) is 0 Å². The van der Waals surface area contributed by atoms with E-state index in [1.54, 1.807) is 6.92 Å². The fourth-order valence-electron chi connectivity index (χ4n) is 0.832. The minimum Gasteiger partial charge on any atom is -0.465 e. The average Bonchev–Trinajstić information content (AvgIpc) is 2.20. The molecule has 0 amide bonds. The summed E-state index contributed by atoms with van der Waals surface area (Å²) in [5, 5.41) is 0.192. The first-order valence-electron chi connectivity index (χ1n) is 4.24. The Morgan fingerprint density at radius 2 is 2.40 bits per heavy atom. The van der Waals surface area contributed by atoms with E-state index in [-0.39, 0.29) is 16.7 Å². The standard InChI is InChI=1S/C9H9BrFNO2S/c1-2-14-8(13)5-15-9-6(11)3-4-7(10)12-9/h3-4H,2,5H2,1H3. The van der Waals surface area contributed by atoms with Crippen molar-refractivity contribution < 1.29 is 13.9 Å². The highest BCUT2D eigenvalue weighted by Crippen LogP contribution is 2.21. The van der Waals surface area contributed by atoms with Crippen LogP contribution in [0.3, 0.4) is 0 Å². The van der Waals surface area contributed by atoms with Crippen molar-refractivity contribution in [3.63, 3.8) is 0 Å². The first kappa shape index (κ1) is 12.4. The number of rotatable bonds is 4. The van der Waals surface area contributed by atoms with Crippen LogP contribution in [-0.4, -0.2) is 23.3 Å². The molecule has 0 aromatic carbocycles. The van der Waals surface area contributed by atoms with Crippen LogP contribution in [0.15, 0.2) is 21.8 Å². The Labute approximate surface area is 99.5 Å². The molecule has 1 rings (SSSR count). The lowest BCUT2D eigenvalue weighted by Crippen LogP contribution is -2.07. The van der Waals surface area contributed by atoms with Gasteiger partial charge in [0.05, 0.1) is 12.4 Å². The third-order valence-electron chi connectivity index (χ3n) is 1.41. The zero-order chi connectivity index (χ0) is 11.3. The quantitative estimate of drug-likeness (QED) is 0.486. The summed E-state index contributed by atoms with van der Waals surface area (Å²) in [4.78, 5) is 14.9. The zero-order valence-corrected chi connectivity index (χ0v) is 10.4. The van der Waals surface area contributed by atoms with Gasteiger partial charge in [0, 0.05) is 0 Å². The minimum atomic E-state index is -0.438. The molecule has 0 saturated heterocycles. The van der Waals surface area contributed by atoms with E-state index < -0.39 is 5.82 Å². The number of thioether (sulfide) groups is 1. The highest BCUT2D eigenvalue weighted by atomic mass is 79.9. The number of esters is 1. The van der Waals surface area contributed by atoms with Gasteiger partial charge in [-0.25, -0.2) is 9.37 Å². The second-order valence-corrected chi connectivity index (χ2v) is 4.29. The number of hydrogen-bond donors (Lipinski definition) is 0. The molecule has 0 aliphatic rings. The topological polar surface area (TPSA) is 39.2 Å². The molecule has 0 atom stereocenters. The molecule has 1 aromatic rings. The van der Waals surface area contributed by atoms with Gasteiger partial charge in [0.15, 0.2) is 5.82 Å². The summed E-state index contributed by atoms with van der Waals surface area (Å²) in [6.07, 6.45) is 0. The summed E-state index contributed by atoms with van der Waals surface area (Å²) in [5.74, 6) is -0.745. The molecule has 0 unspecified atom stereocenters. The molecular weight excluding hydrogens is 285 g/mol. The predicted octanol–water partition coefficient (Wildman–Crippen LogP) is 2.64. The van der Waals surface area contributed by atoms with Crippen LogP contribution in [-0.2, 0) is 9.53 Å². The largest absolute Gasteiger partial charge is 0.465 e. The molecule has 3 nitrogen and oxygen atoms in total. The second kappa shape index (κ2) is 6.07. The Bertz CT molecular complexity index is 362. The first-order chi connectivity index (χ1) is 7.13. The highest BCUT2D eigenvalue weighted by molar-refractivity contribution is 9.10. The minimum absolute atomic E-state index is 0.0637. The molecule has 0 radical (unpaired) electrons. The van der Waals surface area contributed by atoms with Gasteiger partial charge >= 0.3 is 5.97 Å². The molecule has 1 aromatic heterocycles. The van der Waals surface area contributed by atoms with Crippen molar-refractivity contribution in [2.24, 2.45) is 0 Å². The molecule has 0 N–H and O–H groups in total. The molecule has 1 heterocycles. The maximum atomic E-state index is 13.1. The van der Waals surface area contributed by atoms with E-state index in [2.05, 4.69) is 20.9 Å². The number of halogens is 2. The predicted molar refractivity (Wildman–Crippen MR) is 59.3 cm³/mol.